The van der Waals surface area contributed by atoms with Gasteiger partial charge in [-0.05, 0) is 30.7 Å². The fraction of sp³-hybridized carbons (Fsp3) is 0.267. The topological polar surface area (TPSA) is 105 Å². The number of methoxy groups -OCH3 is 2. The number of hydrogen-bond acceptors (Lipinski definition) is 5. The van der Waals surface area contributed by atoms with Crippen molar-refractivity contribution in [2.45, 2.75) is 13.0 Å². The number of urea groups is 1. The number of benzene rings is 1. The van der Waals surface area contributed by atoms with E-state index in [1.807, 2.05) is 0 Å². The molecular weight excluding hydrogens is 304 g/mol. The summed E-state index contributed by atoms with van der Waals surface area (Å²) in [5, 5.41) is 11.3. The molecule has 23 heavy (non-hydrogen) atoms. The first-order chi connectivity index (χ1) is 10.9. The van der Waals surface area contributed by atoms with Gasteiger partial charge in [0.15, 0.2) is 11.5 Å². The van der Waals surface area contributed by atoms with Gasteiger partial charge in [0, 0.05) is 0 Å². The first kappa shape index (κ1) is 16.3. The van der Waals surface area contributed by atoms with Crippen molar-refractivity contribution in [2.75, 3.05) is 14.2 Å². The maximum absolute atomic E-state index is 12.2. The van der Waals surface area contributed by atoms with E-state index in [4.69, 9.17) is 14.6 Å². The largest absolute Gasteiger partial charge is 0.493 e. The van der Waals surface area contributed by atoms with E-state index in [9.17, 15) is 14.4 Å². The molecule has 1 aromatic carbocycles. The van der Waals surface area contributed by atoms with Crippen molar-refractivity contribution < 1.29 is 29.0 Å². The van der Waals surface area contributed by atoms with Crippen LogP contribution in [0.15, 0.2) is 23.9 Å². The molecule has 0 aliphatic carbocycles. The number of ether oxygens (including phenoxy) is 2. The molecule has 0 radical (unpaired) electrons. The fourth-order valence-corrected chi connectivity index (χ4v) is 2.12. The van der Waals surface area contributed by atoms with E-state index in [1.165, 1.54) is 27.2 Å². The van der Waals surface area contributed by atoms with E-state index < -0.39 is 23.9 Å². The van der Waals surface area contributed by atoms with Crippen LogP contribution in [0.25, 0.3) is 6.08 Å². The summed E-state index contributed by atoms with van der Waals surface area (Å²) >= 11 is 0. The molecule has 1 aromatic rings. The minimum absolute atomic E-state index is 0.00433. The summed E-state index contributed by atoms with van der Waals surface area (Å²) in [6.07, 6.45) is 1.44. The molecule has 2 rings (SSSR count). The van der Waals surface area contributed by atoms with Crippen LogP contribution in [-0.4, -0.2) is 48.2 Å². The predicted molar refractivity (Wildman–Crippen MR) is 80.0 cm³/mol. The van der Waals surface area contributed by atoms with Crippen LogP contribution in [0.3, 0.4) is 0 Å². The van der Waals surface area contributed by atoms with Crippen LogP contribution in [0, 0.1) is 0 Å². The van der Waals surface area contributed by atoms with Crippen LogP contribution in [0.1, 0.15) is 12.5 Å². The lowest BCUT2D eigenvalue weighted by Gasteiger charge is -2.16. The lowest BCUT2D eigenvalue weighted by atomic mass is 10.1. The predicted octanol–water partition coefficient (Wildman–Crippen LogP) is 1.07. The Morgan fingerprint density at radius 3 is 2.48 bits per heavy atom. The highest BCUT2D eigenvalue weighted by Crippen LogP contribution is 2.28. The van der Waals surface area contributed by atoms with Crippen LogP contribution in [0.5, 0.6) is 11.5 Å². The summed E-state index contributed by atoms with van der Waals surface area (Å²) in [5.74, 6) is -0.965. The van der Waals surface area contributed by atoms with Crippen molar-refractivity contribution in [1.29, 1.82) is 0 Å². The second-order valence-corrected chi connectivity index (χ2v) is 4.79. The SMILES string of the molecule is COc1ccc(C=C2NC(=O)N(C(C)C(=O)O)C2=O)cc1OC. The molecule has 8 heteroatoms. The number of aliphatic carboxylic acids is 1. The van der Waals surface area contributed by atoms with E-state index in [0.29, 0.717) is 22.0 Å². The smallest absolute Gasteiger partial charge is 0.329 e. The van der Waals surface area contributed by atoms with Gasteiger partial charge in [-0.3, -0.25) is 4.79 Å². The quantitative estimate of drug-likeness (QED) is 0.621. The molecule has 122 valence electrons. The van der Waals surface area contributed by atoms with Gasteiger partial charge in [-0.1, -0.05) is 6.07 Å². The lowest BCUT2D eigenvalue weighted by molar-refractivity contribution is -0.145. The third-order valence-corrected chi connectivity index (χ3v) is 3.37. The van der Waals surface area contributed by atoms with Gasteiger partial charge < -0.3 is 19.9 Å². The number of carbonyl (C=O) groups excluding carboxylic acids is 2. The Morgan fingerprint density at radius 1 is 1.26 bits per heavy atom. The average Bonchev–Trinajstić information content (AvgIpc) is 2.80. The second-order valence-electron chi connectivity index (χ2n) is 4.79. The van der Waals surface area contributed by atoms with Crippen LogP contribution in [0.2, 0.25) is 0 Å². The maximum Gasteiger partial charge on any atom is 0.329 e. The Hall–Kier alpha value is -3.03. The molecule has 1 saturated heterocycles. The molecule has 1 aliphatic heterocycles. The van der Waals surface area contributed by atoms with Crippen molar-refractivity contribution in [3.8, 4) is 11.5 Å². The Morgan fingerprint density at radius 2 is 1.91 bits per heavy atom. The number of hydrogen-bond donors (Lipinski definition) is 2. The number of nitrogens with zero attached hydrogens (tertiary/aromatic N) is 1. The van der Waals surface area contributed by atoms with Gasteiger partial charge in [-0.15, -0.1) is 0 Å². The van der Waals surface area contributed by atoms with Crippen molar-refractivity contribution in [3.63, 3.8) is 0 Å². The molecule has 3 amide bonds. The minimum Gasteiger partial charge on any atom is -0.493 e. The Labute approximate surface area is 132 Å². The van der Waals surface area contributed by atoms with Crippen molar-refractivity contribution in [1.82, 2.24) is 10.2 Å². The normalized spacial score (nSPS) is 17.2. The molecule has 1 atom stereocenters. The minimum atomic E-state index is -1.26. The van der Waals surface area contributed by atoms with Crippen molar-refractivity contribution in [2.24, 2.45) is 0 Å². The molecule has 0 spiro atoms. The molecule has 2 N–H and O–H groups in total. The molecule has 1 unspecified atom stereocenters. The molecular formula is C15H16N2O6. The van der Waals surface area contributed by atoms with Crippen LogP contribution < -0.4 is 14.8 Å². The zero-order valence-electron chi connectivity index (χ0n) is 12.8. The van der Waals surface area contributed by atoms with E-state index >= 15 is 0 Å². The Bertz CT molecular complexity index is 697. The molecule has 0 aromatic heterocycles. The van der Waals surface area contributed by atoms with Crippen LogP contribution in [-0.2, 0) is 9.59 Å². The van der Waals surface area contributed by atoms with Crippen molar-refractivity contribution >= 4 is 24.0 Å². The van der Waals surface area contributed by atoms with Gasteiger partial charge in [0.05, 0.1) is 14.2 Å². The highest BCUT2D eigenvalue weighted by atomic mass is 16.5. The number of imide groups is 1. The number of carbonyl (C=O) groups is 3. The van der Waals surface area contributed by atoms with Gasteiger partial charge >= 0.3 is 12.0 Å². The standard InChI is InChI=1S/C15H16N2O6/c1-8(14(19)20)17-13(18)10(16-15(17)21)6-9-4-5-11(22-2)12(7-9)23-3/h4-8H,1-3H3,(H,16,21)(H,19,20). The van der Waals surface area contributed by atoms with Gasteiger partial charge in [0.1, 0.15) is 11.7 Å². The summed E-state index contributed by atoms with van der Waals surface area (Å²) in [4.78, 5) is 35.6. The average molecular weight is 320 g/mol. The Balaban J connectivity index is 2.32. The first-order valence-electron chi connectivity index (χ1n) is 6.70. The number of amides is 3. The van der Waals surface area contributed by atoms with Crippen molar-refractivity contribution in [3.05, 3.63) is 29.5 Å². The number of rotatable bonds is 5. The van der Waals surface area contributed by atoms with Crippen LogP contribution in [0.4, 0.5) is 4.79 Å². The number of carboxylic acid groups (broad SMARTS) is 1. The molecule has 0 saturated carbocycles. The summed E-state index contributed by atoms with van der Waals surface area (Å²) < 4.78 is 10.3. The van der Waals surface area contributed by atoms with E-state index in [2.05, 4.69) is 5.32 Å². The maximum atomic E-state index is 12.2. The fourth-order valence-electron chi connectivity index (χ4n) is 2.12. The van der Waals surface area contributed by atoms with E-state index in [1.54, 1.807) is 18.2 Å². The monoisotopic (exact) mass is 320 g/mol. The highest BCUT2D eigenvalue weighted by Gasteiger charge is 2.39. The molecule has 0 bridgehead atoms. The summed E-state index contributed by atoms with van der Waals surface area (Å²) in [6.45, 7) is 1.26. The molecule has 1 aliphatic rings. The van der Waals surface area contributed by atoms with E-state index in [-0.39, 0.29) is 5.70 Å². The summed E-state index contributed by atoms with van der Waals surface area (Å²) in [7, 11) is 2.98. The lowest BCUT2D eigenvalue weighted by Crippen LogP contribution is -2.43. The van der Waals surface area contributed by atoms with Crippen LogP contribution >= 0.6 is 0 Å². The number of carboxylic acids is 1. The number of nitrogens with one attached hydrogen (secondary N) is 1. The molecule has 8 nitrogen and oxygen atoms in total. The zero-order valence-corrected chi connectivity index (χ0v) is 12.8. The summed E-state index contributed by atoms with van der Waals surface area (Å²) in [6, 6.07) is 2.95. The third-order valence-electron chi connectivity index (χ3n) is 3.37. The molecule has 1 fully saturated rings. The van der Waals surface area contributed by atoms with E-state index in [0.717, 1.165) is 0 Å². The summed E-state index contributed by atoms with van der Waals surface area (Å²) in [5.41, 5.74) is 0.589. The third kappa shape index (κ3) is 3.10. The first-order valence-corrected chi connectivity index (χ1v) is 6.70. The highest BCUT2D eigenvalue weighted by molar-refractivity contribution is 6.15. The zero-order chi connectivity index (χ0) is 17.1. The van der Waals surface area contributed by atoms with Gasteiger partial charge in [-0.25, -0.2) is 14.5 Å². The van der Waals surface area contributed by atoms with Gasteiger partial charge in [0.25, 0.3) is 5.91 Å². The van der Waals surface area contributed by atoms with Gasteiger partial charge in [0.2, 0.25) is 0 Å². The second kappa shape index (κ2) is 6.39. The molecule has 1 heterocycles. The Kier molecular flexibility index (Phi) is 4.54. The van der Waals surface area contributed by atoms with Gasteiger partial charge in [-0.2, -0.15) is 0 Å².